The lowest BCUT2D eigenvalue weighted by Crippen LogP contribution is -2.61. The van der Waals surface area contributed by atoms with E-state index in [-0.39, 0.29) is 36.9 Å². The van der Waals surface area contributed by atoms with E-state index in [0.29, 0.717) is 13.2 Å². The van der Waals surface area contributed by atoms with Gasteiger partial charge in [-0.1, -0.05) is 67.6 Å². The van der Waals surface area contributed by atoms with Crippen LogP contribution in [-0.4, -0.2) is 80.1 Å². The first-order chi connectivity index (χ1) is 20.7. The fourth-order valence-corrected chi connectivity index (χ4v) is 6.71. The second kappa shape index (κ2) is 11.8. The van der Waals surface area contributed by atoms with Gasteiger partial charge in [-0.15, -0.1) is 0 Å². The largest absolute Gasteiger partial charge is 0.370 e. The van der Waals surface area contributed by atoms with E-state index in [2.05, 4.69) is 19.1 Å². The van der Waals surface area contributed by atoms with Gasteiger partial charge in [0.2, 0.25) is 0 Å². The van der Waals surface area contributed by atoms with Crippen LogP contribution in [0.3, 0.4) is 0 Å². The van der Waals surface area contributed by atoms with Crippen LogP contribution in [0.5, 0.6) is 0 Å². The number of rotatable bonds is 7. The number of ether oxygens (including phenoxy) is 10. The summed E-state index contributed by atoms with van der Waals surface area (Å²) in [5.74, 6) is -1.73. The third-order valence-electron chi connectivity index (χ3n) is 8.67. The predicted molar refractivity (Wildman–Crippen MR) is 151 cm³/mol. The number of benzene rings is 2. The SMILES string of the molecule is CC1C(OCC2O[C@@H]3OC(C)(C)OC3[C@H]3OC(C)(C)O[C@@H]23)OC2COC(c3ccccc3)O[C@H]2[C@H]1OCc1ccccc1. The Morgan fingerprint density at radius 3 is 2.16 bits per heavy atom. The Kier molecular flexibility index (Phi) is 8.13. The molecule has 10 nitrogen and oxygen atoms in total. The summed E-state index contributed by atoms with van der Waals surface area (Å²) in [6.07, 6.45) is -4.29. The molecule has 0 aromatic heterocycles. The van der Waals surface area contributed by atoms with Gasteiger partial charge in [-0.2, -0.15) is 0 Å². The smallest absolute Gasteiger partial charge is 0.190 e. The summed E-state index contributed by atoms with van der Waals surface area (Å²) in [6, 6.07) is 20.1. The Morgan fingerprint density at radius 2 is 1.40 bits per heavy atom. The molecule has 5 aliphatic heterocycles. The molecule has 5 saturated heterocycles. The molecule has 6 unspecified atom stereocenters. The summed E-state index contributed by atoms with van der Waals surface area (Å²) in [7, 11) is 0. The van der Waals surface area contributed by atoms with Gasteiger partial charge in [0.25, 0.3) is 0 Å². The second-order valence-corrected chi connectivity index (χ2v) is 12.9. The van der Waals surface area contributed by atoms with Gasteiger partial charge in [0.1, 0.15) is 36.6 Å². The Hall–Kier alpha value is -1.96. The Morgan fingerprint density at radius 1 is 0.721 bits per heavy atom. The lowest BCUT2D eigenvalue weighted by molar-refractivity contribution is -0.361. The molecule has 0 aliphatic carbocycles. The van der Waals surface area contributed by atoms with E-state index in [9.17, 15) is 0 Å². The van der Waals surface area contributed by atoms with E-state index >= 15 is 0 Å². The fourth-order valence-electron chi connectivity index (χ4n) is 6.71. The molecule has 5 aliphatic rings. The van der Waals surface area contributed by atoms with Crippen molar-refractivity contribution in [3.63, 3.8) is 0 Å². The Labute approximate surface area is 252 Å². The highest BCUT2D eigenvalue weighted by Crippen LogP contribution is 2.45. The van der Waals surface area contributed by atoms with Gasteiger partial charge in [-0.05, 0) is 33.3 Å². The molecule has 5 heterocycles. The molecule has 11 atom stereocenters. The van der Waals surface area contributed by atoms with Crippen molar-refractivity contribution in [2.75, 3.05) is 13.2 Å². The highest BCUT2D eigenvalue weighted by Gasteiger charge is 2.61. The quantitative estimate of drug-likeness (QED) is 0.455. The standard InChI is InChI=1S/C33H42O10/c1-19-24(34-16-20-12-8-6-9-13-20)25-22(17-36-30(39-25)21-14-10-7-11-15-21)37-29(19)35-18-23-26-27(41-32(2,3)40-26)28-31(38-23)43-33(4,5)42-28/h6-15,19,22-31H,16-18H2,1-5H3/t19?,22?,23?,24-,25+,26-,27-,28?,29?,30?,31+/m0/s1. The zero-order valence-corrected chi connectivity index (χ0v) is 25.3. The number of hydrogen-bond acceptors (Lipinski definition) is 10. The van der Waals surface area contributed by atoms with Crippen LogP contribution in [0.15, 0.2) is 60.7 Å². The first kappa shape index (κ1) is 29.7. The van der Waals surface area contributed by atoms with Crippen LogP contribution in [0, 0.1) is 5.92 Å². The number of hydrogen-bond donors (Lipinski definition) is 0. The molecule has 43 heavy (non-hydrogen) atoms. The minimum Gasteiger partial charge on any atom is -0.370 e. The summed E-state index contributed by atoms with van der Waals surface area (Å²) in [6.45, 7) is 10.6. The van der Waals surface area contributed by atoms with E-state index in [1.54, 1.807) is 0 Å². The van der Waals surface area contributed by atoms with Crippen molar-refractivity contribution < 1.29 is 47.4 Å². The zero-order valence-electron chi connectivity index (χ0n) is 25.3. The zero-order chi connectivity index (χ0) is 29.8. The molecule has 234 valence electrons. The maximum absolute atomic E-state index is 6.58. The molecule has 10 heteroatoms. The molecular weight excluding hydrogens is 556 g/mol. The first-order valence-electron chi connectivity index (χ1n) is 15.3. The van der Waals surface area contributed by atoms with Crippen LogP contribution in [0.25, 0.3) is 0 Å². The molecule has 5 fully saturated rings. The van der Waals surface area contributed by atoms with Crippen LogP contribution in [0.1, 0.15) is 52.0 Å². The van der Waals surface area contributed by atoms with Crippen LogP contribution in [0.4, 0.5) is 0 Å². The van der Waals surface area contributed by atoms with Crippen LogP contribution in [-0.2, 0) is 54.0 Å². The van der Waals surface area contributed by atoms with Gasteiger partial charge in [0, 0.05) is 11.5 Å². The van der Waals surface area contributed by atoms with Crippen molar-refractivity contribution in [2.45, 2.75) is 114 Å². The van der Waals surface area contributed by atoms with Gasteiger partial charge in [0.15, 0.2) is 30.4 Å². The van der Waals surface area contributed by atoms with E-state index in [0.717, 1.165) is 11.1 Å². The molecule has 0 bridgehead atoms. The van der Waals surface area contributed by atoms with Gasteiger partial charge >= 0.3 is 0 Å². The minimum atomic E-state index is -0.788. The van der Waals surface area contributed by atoms with E-state index < -0.39 is 48.8 Å². The molecule has 7 rings (SSSR count). The molecule has 2 aromatic rings. The summed E-state index contributed by atoms with van der Waals surface area (Å²) in [4.78, 5) is 0. The molecule has 0 N–H and O–H groups in total. The van der Waals surface area contributed by atoms with Crippen LogP contribution < -0.4 is 0 Å². The molecule has 0 spiro atoms. The highest BCUT2D eigenvalue weighted by molar-refractivity contribution is 5.17. The molecule has 2 aromatic carbocycles. The van der Waals surface area contributed by atoms with Gasteiger partial charge in [-0.25, -0.2) is 0 Å². The average Bonchev–Trinajstić information content (AvgIpc) is 3.50. The lowest BCUT2D eigenvalue weighted by atomic mass is 9.91. The van der Waals surface area contributed by atoms with Crippen molar-refractivity contribution in [3.05, 3.63) is 71.8 Å². The molecule has 0 saturated carbocycles. The minimum absolute atomic E-state index is 0.159. The third kappa shape index (κ3) is 6.15. The summed E-state index contributed by atoms with van der Waals surface area (Å²) < 4.78 is 63.3. The van der Waals surface area contributed by atoms with E-state index in [1.807, 2.05) is 76.2 Å². The third-order valence-corrected chi connectivity index (χ3v) is 8.67. The van der Waals surface area contributed by atoms with Gasteiger partial charge in [0.05, 0.1) is 25.9 Å². The van der Waals surface area contributed by atoms with Gasteiger partial charge in [-0.3, -0.25) is 0 Å². The topological polar surface area (TPSA) is 92.3 Å². The number of fused-ring (bicyclic) bond motifs is 4. The Balaban J connectivity index is 1.07. The van der Waals surface area contributed by atoms with Crippen molar-refractivity contribution in [1.82, 2.24) is 0 Å². The maximum Gasteiger partial charge on any atom is 0.190 e. The fraction of sp³-hybridized carbons (Fsp3) is 0.636. The average molecular weight is 599 g/mol. The van der Waals surface area contributed by atoms with Crippen LogP contribution >= 0.6 is 0 Å². The van der Waals surface area contributed by atoms with Crippen LogP contribution in [0.2, 0.25) is 0 Å². The maximum atomic E-state index is 6.58. The van der Waals surface area contributed by atoms with Gasteiger partial charge < -0.3 is 47.4 Å². The van der Waals surface area contributed by atoms with E-state index in [1.165, 1.54) is 0 Å². The highest BCUT2D eigenvalue weighted by atomic mass is 16.9. The van der Waals surface area contributed by atoms with Crippen molar-refractivity contribution in [2.24, 2.45) is 5.92 Å². The van der Waals surface area contributed by atoms with E-state index in [4.69, 9.17) is 47.4 Å². The van der Waals surface area contributed by atoms with Crippen molar-refractivity contribution in [3.8, 4) is 0 Å². The van der Waals surface area contributed by atoms with Crippen molar-refractivity contribution in [1.29, 1.82) is 0 Å². The monoisotopic (exact) mass is 598 g/mol. The molecule has 0 radical (unpaired) electrons. The predicted octanol–water partition coefficient (Wildman–Crippen LogP) is 4.46. The summed E-state index contributed by atoms with van der Waals surface area (Å²) in [5, 5.41) is 0. The van der Waals surface area contributed by atoms with Crippen molar-refractivity contribution >= 4 is 0 Å². The lowest BCUT2D eigenvalue weighted by Gasteiger charge is -2.49. The normalized spacial score (nSPS) is 41.3. The summed E-state index contributed by atoms with van der Waals surface area (Å²) in [5.41, 5.74) is 2.04. The second-order valence-electron chi connectivity index (χ2n) is 12.9. The Bertz CT molecular complexity index is 1220. The molecule has 0 amide bonds. The first-order valence-corrected chi connectivity index (χ1v) is 15.3. The molecular formula is C33H42O10. The summed E-state index contributed by atoms with van der Waals surface area (Å²) >= 11 is 0.